The Bertz CT molecular complexity index is 804. The molecule has 1 N–H and O–H groups in total. The van der Waals surface area contributed by atoms with Gasteiger partial charge in [0.05, 0.1) is 13.2 Å². The first-order valence-corrected chi connectivity index (χ1v) is 10.1. The Morgan fingerprint density at radius 2 is 1.79 bits per heavy atom. The summed E-state index contributed by atoms with van der Waals surface area (Å²) < 4.78 is 11.1. The predicted octanol–water partition coefficient (Wildman–Crippen LogP) is 3.33. The van der Waals surface area contributed by atoms with Gasteiger partial charge in [0.2, 0.25) is 5.88 Å². The van der Waals surface area contributed by atoms with Crippen molar-refractivity contribution in [2.75, 3.05) is 49.6 Å². The normalized spacial score (nSPS) is 13.9. The van der Waals surface area contributed by atoms with Gasteiger partial charge in [-0.3, -0.25) is 0 Å². The van der Waals surface area contributed by atoms with E-state index >= 15 is 0 Å². The van der Waals surface area contributed by atoms with E-state index in [2.05, 4.69) is 27.1 Å². The van der Waals surface area contributed by atoms with Gasteiger partial charge in [-0.15, -0.1) is 0 Å². The molecule has 2 aromatic rings. The van der Waals surface area contributed by atoms with Gasteiger partial charge in [0.25, 0.3) is 0 Å². The van der Waals surface area contributed by atoms with E-state index in [1.807, 2.05) is 49.1 Å². The molecule has 1 aliphatic heterocycles. The fourth-order valence-corrected chi connectivity index (χ4v) is 3.11. The summed E-state index contributed by atoms with van der Waals surface area (Å²) in [5.74, 6) is 2.92. The number of anilines is 2. The van der Waals surface area contributed by atoms with Crippen LogP contribution < -0.4 is 19.7 Å². The molecule has 0 bridgehead atoms. The molecule has 156 valence electrons. The number of aromatic nitrogens is 2. The Hall–Kier alpha value is -3.03. The summed E-state index contributed by atoms with van der Waals surface area (Å²) in [6, 6.07) is 9.18. The standard InChI is InChI=1S/C21H29N5O3/c1-4-14-29-20-15-19(22-16(3)23-20)25-10-12-26(13-11-25)21(27)24-17-6-8-18(9-7-17)28-5-2/h6-9,15H,4-5,10-14H2,1-3H3,(H,24,27). The average Bonchev–Trinajstić information content (AvgIpc) is 2.73. The zero-order chi connectivity index (χ0) is 20.6. The van der Waals surface area contributed by atoms with Gasteiger partial charge in [-0.25, -0.2) is 9.78 Å². The molecule has 0 radical (unpaired) electrons. The van der Waals surface area contributed by atoms with Crippen molar-refractivity contribution in [1.82, 2.24) is 14.9 Å². The van der Waals surface area contributed by atoms with E-state index in [9.17, 15) is 4.79 Å². The van der Waals surface area contributed by atoms with E-state index in [0.717, 1.165) is 23.7 Å². The Labute approximate surface area is 171 Å². The lowest BCUT2D eigenvalue weighted by Gasteiger charge is -2.35. The van der Waals surface area contributed by atoms with Crippen LogP contribution in [0.3, 0.4) is 0 Å². The van der Waals surface area contributed by atoms with Crippen molar-refractivity contribution in [2.45, 2.75) is 27.2 Å². The molecule has 3 rings (SSSR count). The van der Waals surface area contributed by atoms with Gasteiger partial charge in [-0.1, -0.05) is 6.92 Å². The van der Waals surface area contributed by atoms with Crippen LogP contribution in [0.1, 0.15) is 26.1 Å². The molecule has 1 saturated heterocycles. The molecule has 29 heavy (non-hydrogen) atoms. The highest BCUT2D eigenvalue weighted by molar-refractivity contribution is 5.89. The zero-order valence-electron chi connectivity index (χ0n) is 17.4. The van der Waals surface area contributed by atoms with E-state index in [4.69, 9.17) is 9.47 Å². The summed E-state index contributed by atoms with van der Waals surface area (Å²) in [5, 5.41) is 2.94. The van der Waals surface area contributed by atoms with Crippen molar-refractivity contribution in [2.24, 2.45) is 0 Å². The Morgan fingerprint density at radius 1 is 1.07 bits per heavy atom. The van der Waals surface area contributed by atoms with Crippen LogP contribution in [-0.2, 0) is 0 Å². The van der Waals surface area contributed by atoms with Gasteiger partial charge in [0.15, 0.2) is 0 Å². The lowest BCUT2D eigenvalue weighted by molar-refractivity contribution is 0.208. The Morgan fingerprint density at radius 3 is 2.45 bits per heavy atom. The van der Waals surface area contributed by atoms with Gasteiger partial charge in [-0.2, -0.15) is 4.98 Å². The maximum Gasteiger partial charge on any atom is 0.321 e. The quantitative estimate of drug-likeness (QED) is 0.769. The Kier molecular flexibility index (Phi) is 7.10. The molecule has 0 unspecified atom stereocenters. The third-order valence-electron chi connectivity index (χ3n) is 4.56. The second kappa shape index (κ2) is 9.95. The van der Waals surface area contributed by atoms with Gasteiger partial charge in [0, 0.05) is 37.9 Å². The highest BCUT2D eigenvalue weighted by Gasteiger charge is 2.22. The van der Waals surface area contributed by atoms with E-state index < -0.39 is 0 Å². The number of aryl methyl sites for hydroxylation is 1. The summed E-state index contributed by atoms with van der Waals surface area (Å²) >= 11 is 0. The summed E-state index contributed by atoms with van der Waals surface area (Å²) in [6.07, 6.45) is 0.931. The van der Waals surface area contributed by atoms with Crippen LogP contribution in [0.2, 0.25) is 0 Å². The first kappa shape index (κ1) is 20.7. The summed E-state index contributed by atoms with van der Waals surface area (Å²) in [4.78, 5) is 25.4. The van der Waals surface area contributed by atoms with Crippen molar-refractivity contribution >= 4 is 17.5 Å². The number of amides is 2. The van der Waals surface area contributed by atoms with Crippen LogP contribution >= 0.6 is 0 Å². The summed E-state index contributed by atoms with van der Waals surface area (Å²) in [7, 11) is 0. The number of benzene rings is 1. The smallest absolute Gasteiger partial charge is 0.321 e. The first-order chi connectivity index (χ1) is 14.1. The minimum absolute atomic E-state index is 0.0975. The molecule has 1 fully saturated rings. The number of carbonyl (C=O) groups excluding carboxylic acids is 1. The van der Waals surface area contributed by atoms with Crippen LogP contribution in [-0.4, -0.2) is 60.3 Å². The molecule has 0 aliphatic carbocycles. The van der Waals surface area contributed by atoms with Crippen LogP contribution in [0.4, 0.5) is 16.3 Å². The van der Waals surface area contributed by atoms with Gasteiger partial charge in [-0.05, 0) is 44.5 Å². The molecule has 8 heteroatoms. The Balaban J connectivity index is 1.54. The van der Waals surface area contributed by atoms with E-state index in [0.29, 0.717) is 51.1 Å². The monoisotopic (exact) mass is 399 g/mol. The van der Waals surface area contributed by atoms with Gasteiger partial charge < -0.3 is 24.6 Å². The minimum atomic E-state index is -0.0975. The van der Waals surface area contributed by atoms with E-state index in [1.54, 1.807) is 0 Å². The van der Waals surface area contributed by atoms with Crippen LogP contribution in [0.25, 0.3) is 0 Å². The van der Waals surface area contributed by atoms with Gasteiger partial charge in [0.1, 0.15) is 17.4 Å². The number of nitrogens with zero attached hydrogens (tertiary/aromatic N) is 4. The highest BCUT2D eigenvalue weighted by atomic mass is 16.5. The molecule has 1 aromatic heterocycles. The summed E-state index contributed by atoms with van der Waals surface area (Å²) in [5.41, 5.74) is 0.755. The van der Waals surface area contributed by atoms with E-state index in [1.165, 1.54) is 0 Å². The fraction of sp³-hybridized carbons (Fsp3) is 0.476. The molecular weight excluding hydrogens is 370 g/mol. The number of carbonyl (C=O) groups is 1. The number of ether oxygens (including phenoxy) is 2. The van der Waals surface area contributed by atoms with Crippen molar-refractivity contribution < 1.29 is 14.3 Å². The molecule has 0 atom stereocenters. The maximum absolute atomic E-state index is 12.6. The number of nitrogens with one attached hydrogen (secondary N) is 1. The molecule has 8 nitrogen and oxygen atoms in total. The van der Waals surface area contributed by atoms with Crippen molar-refractivity contribution in [3.8, 4) is 11.6 Å². The third-order valence-corrected chi connectivity index (χ3v) is 4.56. The van der Waals surface area contributed by atoms with E-state index in [-0.39, 0.29) is 6.03 Å². The largest absolute Gasteiger partial charge is 0.494 e. The number of hydrogen-bond acceptors (Lipinski definition) is 6. The van der Waals surface area contributed by atoms with Crippen molar-refractivity contribution in [1.29, 1.82) is 0 Å². The first-order valence-electron chi connectivity index (χ1n) is 10.1. The fourth-order valence-electron chi connectivity index (χ4n) is 3.11. The maximum atomic E-state index is 12.6. The molecule has 0 spiro atoms. The van der Waals surface area contributed by atoms with Crippen LogP contribution in [0.5, 0.6) is 11.6 Å². The number of urea groups is 1. The van der Waals surface area contributed by atoms with Crippen molar-refractivity contribution in [3.05, 3.63) is 36.2 Å². The SMILES string of the molecule is CCCOc1cc(N2CCN(C(=O)Nc3ccc(OCC)cc3)CC2)nc(C)n1. The van der Waals surface area contributed by atoms with Crippen LogP contribution in [0, 0.1) is 6.92 Å². The average molecular weight is 399 g/mol. The van der Waals surface area contributed by atoms with Crippen LogP contribution in [0.15, 0.2) is 30.3 Å². The highest BCUT2D eigenvalue weighted by Crippen LogP contribution is 2.20. The molecule has 2 amide bonds. The lowest BCUT2D eigenvalue weighted by atomic mass is 10.3. The molecular formula is C21H29N5O3. The number of hydrogen-bond donors (Lipinski definition) is 1. The predicted molar refractivity (Wildman–Crippen MR) is 113 cm³/mol. The topological polar surface area (TPSA) is 79.8 Å². The summed E-state index contributed by atoms with van der Waals surface area (Å²) in [6.45, 7) is 9.78. The molecule has 0 saturated carbocycles. The molecule has 1 aliphatic rings. The molecule has 1 aromatic carbocycles. The zero-order valence-corrected chi connectivity index (χ0v) is 17.4. The third kappa shape index (κ3) is 5.73. The number of piperazine rings is 1. The lowest BCUT2D eigenvalue weighted by Crippen LogP contribution is -2.50. The second-order valence-corrected chi connectivity index (χ2v) is 6.82. The minimum Gasteiger partial charge on any atom is -0.494 e. The molecule has 2 heterocycles. The number of rotatable bonds is 7. The second-order valence-electron chi connectivity index (χ2n) is 6.82. The van der Waals surface area contributed by atoms with Gasteiger partial charge >= 0.3 is 6.03 Å². The van der Waals surface area contributed by atoms with Crippen molar-refractivity contribution in [3.63, 3.8) is 0 Å².